The summed E-state index contributed by atoms with van der Waals surface area (Å²) in [5.74, 6) is -0.461. The van der Waals surface area contributed by atoms with E-state index in [1.54, 1.807) is 29.2 Å². The molecule has 0 bridgehead atoms. The zero-order chi connectivity index (χ0) is 29.6. The molecule has 2 atom stereocenters. The van der Waals surface area contributed by atoms with Gasteiger partial charge in [-0.25, -0.2) is 28.7 Å². The molecule has 3 aromatic heterocycles. The van der Waals surface area contributed by atoms with Gasteiger partial charge in [0, 0.05) is 30.7 Å². The number of hydrogen-bond acceptors (Lipinski definition) is 7. The number of aromatic nitrogens is 5. The summed E-state index contributed by atoms with van der Waals surface area (Å²) >= 11 is 13.3. The predicted octanol–water partition coefficient (Wildman–Crippen LogP) is 5.42. The van der Waals surface area contributed by atoms with E-state index in [2.05, 4.69) is 21.5 Å². The van der Waals surface area contributed by atoms with Gasteiger partial charge in [0.15, 0.2) is 10.8 Å². The van der Waals surface area contributed by atoms with E-state index in [1.807, 2.05) is 32.6 Å². The molecule has 1 aromatic carbocycles. The molecule has 0 N–H and O–H groups in total. The van der Waals surface area contributed by atoms with Gasteiger partial charge in [-0.3, -0.25) is 4.79 Å². The van der Waals surface area contributed by atoms with E-state index in [0.717, 1.165) is 0 Å². The fraction of sp³-hybridized carbons (Fsp3) is 0.310. The van der Waals surface area contributed by atoms with Gasteiger partial charge in [-0.2, -0.15) is 4.98 Å². The molecule has 9 nitrogen and oxygen atoms in total. The molecule has 1 amide bonds. The number of halogens is 3. The fourth-order valence-electron chi connectivity index (χ4n) is 5.21. The number of nitrogens with zero attached hydrogens (tertiary/aromatic N) is 7. The third kappa shape index (κ3) is 5.06. The first-order valence-electron chi connectivity index (χ1n) is 13.1. The van der Waals surface area contributed by atoms with Gasteiger partial charge in [-0.05, 0) is 44.0 Å². The summed E-state index contributed by atoms with van der Waals surface area (Å²) in [6, 6.07) is 7.36. The molecule has 0 saturated carbocycles. The summed E-state index contributed by atoms with van der Waals surface area (Å²) in [4.78, 5) is 47.8. The monoisotopic (exact) mass is 595 g/mol. The Morgan fingerprint density at radius 2 is 1.85 bits per heavy atom. The summed E-state index contributed by atoms with van der Waals surface area (Å²) < 4.78 is 16.2. The van der Waals surface area contributed by atoms with Crippen molar-refractivity contribution in [1.82, 2.24) is 29.4 Å². The number of fused-ring (bicyclic) bond motifs is 1. The summed E-state index contributed by atoms with van der Waals surface area (Å²) in [5.41, 5.74) is 0.607. The third-order valence-electron chi connectivity index (χ3n) is 7.22. The van der Waals surface area contributed by atoms with Crippen LogP contribution >= 0.6 is 23.2 Å². The maximum absolute atomic E-state index is 14.9. The largest absolute Gasteiger partial charge is 0.356 e. The van der Waals surface area contributed by atoms with Gasteiger partial charge < -0.3 is 9.80 Å². The highest BCUT2D eigenvalue weighted by Gasteiger charge is 2.34. The third-order valence-corrected chi connectivity index (χ3v) is 7.79. The number of pyridine rings is 1. The first-order chi connectivity index (χ1) is 19.5. The lowest BCUT2D eigenvalue weighted by Gasteiger charge is -2.44. The molecule has 1 saturated heterocycles. The highest BCUT2D eigenvalue weighted by Crippen LogP contribution is 2.37. The zero-order valence-corrected chi connectivity index (χ0v) is 24.5. The second kappa shape index (κ2) is 11.2. The van der Waals surface area contributed by atoms with Crippen molar-refractivity contribution in [3.8, 4) is 16.9 Å². The quantitative estimate of drug-likeness (QED) is 0.224. The molecular weight excluding hydrogens is 568 g/mol. The average molecular weight is 596 g/mol. The molecule has 1 aliphatic rings. The van der Waals surface area contributed by atoms with Crippen LogP contribution in [0.15, 0.2) is 54.1 Å². The van der Waals surface area contributed by atoms with E-state index in [4.69, 9.17) is 28.2 Å². The molecule has 212 valence electrons. The molecule has 5 rings (SSSR count). The molecule has 1 aliphatic heterocycles. The second-order valence-corrected chi connectivity index (χ2v) is 11.1. The first-order valence-corrected chi connectivity index (χ1v) is 13.9. The fourth-order valence-corrected chi connectivity index (χ4v) is 5.69. The number of anilines is 1. The Kier molecular flexibility index (Phi) is 7.80. The van der Waals surface area contributed by atoms with E-state index >= 15 is 0 Å². The van der Waals surface area contributed by atoms with Crippen molar-refractivity contribution < 1.29 is 9.18 Å². The van der Waals surface area contributed by atoms with Crippen molar-refractivity contribution in [2.45, 2.75) is 45.7 Å². The van der Waals surface area contributed by atoms with Crippen LogP contribution in [-0.2, 0) is 4.79 Å². The van der Waals surface area contributed by atoms with Crippen molar-refractivity contribution in [1.29, 1.82) is 0 Å². The number of carbonyl (C=O) groups is 1. The number of hydrogen-bond donors (Lipinski definition) is 0. The van der Waals surface area contributed by atoms with Crippen LogP contribution in [0.2, 0.25) is 10.2 Å². The molecular formula is C29H28Cl2FN7O2. The van der Waals surface area contributed by atoms with Gasteiger partial charge in [0.25, 0.3) is 0 Å². The smallest absolute Gasteiger partial charge is 0.349 e. The van der Waals surface area contributed by atoms with Crippen LogP contribution in [-0.4, -0.2) is 60.5 Å². The van der Waals surface area contributed by atoms with E-state index in [0.29, 0.717) is 30.0 Å². The van der Waals surface area contributed by atoms with Gasteiger partial charge in [-0.15, -0.1) is 0 Å². The van der Waals surface area contributed by atoms with Gasteiger partial charge >= 0.3 is 5.69 Å². The lowest BCUT2D eigenvalue weighted by Crippen LogP contribution is -2.58. The Bertz CT molecular complexity index is 1740. The van der Waals surface area contributed by atoms with Crippen LogP contribution in [0.4, 0.5) is 10.2 Å². The average Bonchev–Trinajstić information content (AvgIpc) is 2.94. The van der Waals surface area contributed by atoms with Crippen LogP contribution in [0, 0.1) is 5.82 Å². The molecule has 4 aromatic rings. The summed E-state index contributed by atoms with van der Waals surface area (Å²) in [6.07, 6.45) is 2.62. The van der Waals surface area contributed by atoms with Crippen LogP contribution in [0.1, 0.15) is 39.3 Å². The zero-order valence-electron chi connectivity index (χ0n) is 23.0. The Hall–Kier alpha value is -3.89. The molecule has 12 heteroatoms. The molecule has 0 radical (unpaired) electrons. The van der Waals surface area contributed by atoms with Crippen LogP contribution in [0.5, 0.6) is 0 Å². The van der Waals surface area contributed by atoms with E-state index < -0.39 is 11.5 Å². The van der Waals surface area contributed by atoms with Gasteiger partial charge in [0.2, 0.25) is 5.91 Å². The second-order valence-electron chi connectivity index (χ2n) is 10.3. The van der Waals surface area contributed by atoms with E-state index in [-0.39, 0.29) is 56.7 Å². The van der Waals surface area contributed by atoms with Crippen LogP contribution in [0.25, 0.3) is 28.0 Å². The summed E-state index contributed by atoms with van der Waals surface area (Å²) in [7, 11) is 0. The standard InChI is InChI=1S/C29H28Cl2FN7O2/c1-6-22(40)37-12-17(5)38(13-16(37)4)27-19-11-20(30)24(18-9-7-8-10-21(18)32)35-28(19)39(29(41)36-27)25-23(15(2)3)33-14-34-26(25)31/h6-11,14-17H,1,12-13H2,2-5H3. The van der Waals surface area contributed by atoms with Crippen molar-refractivity contribution in [3.63, 3.8) is 0 Å². The molecule has 2 unspecified atom stereocenters. The predicted molar refractivity (Wildman–Crippen MR) is 158 cm³/mol. The van der Waals surface area contributed by atoms with Gasteiger partial charge in [-0.1, -0.05) is 55.8 Å². The van der Waals surface area contributed by atoms with Crippen LogP contribution < -0.4 is 10.6 Å². The molecule has 0 aliphatic carbocycles. The summed E-state index contributed by atoms with van der Waals surface area (Å²) in [6.45, 7) is 12.1. The SMILES string of the molecule is C=CC(=O)N1CC(C)N(c2nc(=O)n(-c3c(Cl)ncnc3C(C)C)c3nc(-c4ccccc4F)c(Cl)cc23)CC1C. The molecule has 1 fully saturated rings. The van der Waals surface area contributed by atoms with Crippen LogP contribution in [0.3, 0.4) is 0 Å². The number of piperazine rings is 1. The number of amides is 1. The molecule has 4 heterocycles. The highest BCUT2D eigenvalue weighted by atomic mass is 35.5. The number of rotatable bonds is 5. The van der Waals surface area contributed by atoms with E-state index in [1.165, 1.54) is 23.0 Å². The van der Waals surface area contributed by atoms with Gasteiger partial charge in [0.05, 0.1) is 21.8 Å². The first kappa shape index (κ1) is 28.6. The van der Waals surface area contributed by atoms with E-state index in [9.17, 15) is 14.0 Å². The van der Waals surface area contributed by atoms with Crippen molar-refractivity contribution >= 4 is 46.0 Å². The van der Waals surface area contributed by atoms with Gasteiger partial charge in [0.1, 0.15) is 23.6 Å². The lowest BCUT2D eigenvalue weighted by atomic mass is 10.1. The maximum Gasteiger partial charge on any atom is 0.356 e. The normalized spacial score (nSPS) is 17.4. The minimum absolute atomic E-state index is 0.0457. The minimum Gasteiger partial charge on any atom is -0.349 e. The van der Waals surface area contributed by atoms with Crippen molar-refractivity contribution in [2.24, 2.45) is 0 Å². The topological polar surface area (TPSA) is 97.1 Å². The van der Waals surface area contributed by atoms with Crippen molar-refractivity contribution in [2.75, 3.05) is 18.0 Å². The maximum atomic E-state index is 14.9. The molecule has 41 heavy (non-hydrogen) atoms. The minimum atomic E-state index is -0.662. The Morgan fingerprint density at radius 1 is 1.12 bits per heavy atom. The molecule has 0 spiro atoms. The summed E-state index contributed by atoms with van der Waals surface area (Å²) in [5, 5.41) is 0.674. The Labute approximate surface area is 246 Å². The highest BCUT2D eigenvalue weighted by molar-refractivity contribution is 6.34. The number of carbonyl (C=O) groups excluding carboxylic acids is 1. The lowest BCUT2D eigenvalue weighted by molar-refractivity contribution is -0.128. The number of benzene rings is 1. The Balaban J connectivity index is 1.83. The Morgan fingerprint density at radius 3 is 2.54 bits per heavy atom. The van der Waals surface area contributed by atoms with Crippen molar-refractivity contribution in [3.05, 3.63) is 81.5 Å².